The summed E-state index contributed by atoms with van der Waals surface area (Å²) in [5.41, 5.74) is 7.93. The largest absolute Gasteiger partial charge is 0.330 e. The molecule has 0 bridgehead atoms. The first-order valence-electron chi connectivity index (χ1n) is 10.3. The molecule has 124 valence electrons. The van der Waals surface area contributed by atoms with E-state index in [9.17, 15) is 0 Å². The van der Waals surface area contributed by atoms with E-state index in [-0.39, 0.29) is 23.7 Å². The molecule has 1 nitrogen and oxygen atoms in total. The van der Waals surface area contributed by atoms with Gasteiger partial charge in [-0.1, -0.05) is 52.3 Å². The van der Waals surface area contributed by atoms with E-state index in [2.05, 4.69) is 39.8 Å². The molecule has 22 heavy (non-hydrogen) atoms. The molecule has 2 aliphatic rings. The van der Waals surface area contributed by atoms with Crippen molar-refractivity contribution in [3.05, 3.63) is 34.9 Å². The quantitative estimate of drug-likeness (QED) is 0.794. The number of rotatable bonds is 2. The first-order valence-corrected chi connectivity index (χ1v) is 8.27. The van der Waals surface area contributed by atoms with Crippen LogP contribution in [0.5, 0.6) is 0 Å². The third kappa shape index (κ3) is 2.61. The van der Waals surface area contributed by atoms with Crippen molar-refractivity contribution < 1.29 is 5.48 Å². The molecule has 1 saturated carbocycles. The summed E-state index contributed by atoms with van der Waals surface area (Å²) in [5, 5.41) is 0. The van der Waals surface area contributed by atoms with Gasteiger partial charge in [0.25, 0.3) is 0 Å². The number of halogens is 1. The standard InChI is InChI=1S/C20H31N.ClH/c1-14(2)15-6-8-17-16(12-15)7-9-18-19(3,13-21)10-5-11-20(17,18)4;/h6,8,12,14,18H,5,7,9-11,13,21H2,1-4H3;1H/t18-,19-,20+;/m0./s1/i7D2,9D2;. The second-order valence-electron chi connectivity index (χ2n) is 7.79. The maximum atomic E-state index is 8.88. The molecule has 0 aromatic heterocycles. The highest BCUT2D eigenvalue weighted by atomic mass is 35.5. The van der Waals surface area contributed by atoms with Crippen LogP contribution in [0, 0.1) is 11.3 Å². The van der Waals surface area contributed by atoms with E-state index in [4.69, 9.17) is 11.2 Å². The van der Waals surface area contributed by atoms with Gasteiger partial charge in [-0.15, -0.1) is 12.4 Å². The average molecular weight is 326 g/mol. The van der Waals surface area contributed by atoms with Crippen molar-refractivity contribution in [1.29, 1.82) is 0 Å². The minimum absolute atomic E-state index is 0. The Bertz CT molecular complexity index is 690. The third-order valence-electron chi connectivity index (χ3n) is 5.92. The fourth-order valence-corrected chi connectivity index (χ4v) is 4.43. The number of nitrogens with two attached hydrogens (primary N) is 1. The van der Waals surface area contributed by atoms with Crippen LogP contribution in [-0.2, 0) is 11.8 Å². The van der Waals surface area contributed by atoms with Gasteiger partial charge in [0, 0.05) is 5.48 Å². The van der Waals surface area contributed by atoms with Crippen LogP contribution in [-0.4, -0.2) is 6.54 Å². The van der Waals surface area contributed by atoms with Crippen LogP contribution < -0.4 is 5.73 Å². The molecule has 2 heteroatoms. The molecule has 2 N–H and O–H groups in total. The molecule has 0 aliphatic heterocycles. The molecule has 3 rings (SSSR count). The molecule has 0 radical (unpaired) electrons. The zero-order valence-electron chi connectivity index (χ0n) is 18.2. The van der Waals surface area contributed by atoms with E-state index in [1.54, 1.807) is 0 Å². The van der Waals surface area contributed by atoms with Gasteiger partial charge in [0.15, 0.2) is 0 Å². The summed E-state index contributed by atoms with van der Waals surface area (Å²) in [4.78, 5) is 0. The second-order valence-corrected chi connectivity index (χ2v) is 7.79. The molecule has 0 saturated heterocycles. The van der Waals surface area contributed by atoms with Gasteiger partial charge in [-0.2, -0.15) is 0 Å². The first-order chi connectivity index (χ1) is 11.4. The fraction of sp³-hybridized carbons (Fsp3) is 0.700. The van der Waals surface area contributed by atoms with E-state index in [0.29, 0.717) is 12.1 Å². The van der Waals surface area contributed by atoms with E-state index >= 15 is 0 Å². The summed E-state index contributed by atoms with van der Waals surface area (Å²) in [7, 11) is 0. The fourth-order valence-electron chi connectivity index (χ4n) is 4.43. The number of fused-ring (bicyclic) bond motifs is 3. The zero-order valence-corrected chi connectivity index (χ0v) is 15.0. The van der Waals surface area contributed by atoms with Crippen LogP contribution in [0.4, 0.5) is 0 Å². The topological polar surface area (TPSA) is 26.0 Å². The minimum atomic E-state index is -2.02. The molecular weight excluding hydrogens is 290 g/mol. The Morgan fingerprint density at radius 3 is 2.68 bits per heavy atom. The Kier molecular flexibility index (Phi) is 3.60. The Labute approximate surface area is 148 Å². The predicted octanol–water partition coefficient (Wildman–Crippen LogP) is 5.20. The van der Waals surface area contributed by atoms with Gasteiger partial charge in [0.1, 0.15) is 0 Å². The highest BCUT2D eigenvalue weighted by Gasteiger charge is 2.50. The van der Waals surface area contributed by atoms with Crippen molar-refractivity contribution in [2.45, 2.75) is 71.0 Å². The molecule has 0 unspecified atom stereocenters. The van der Waals surface area contributed by atoms with Crippen molar-refractivity contribution in [2.24, 2.45) is 17.1 Å². The van der Waals surface area contributed by atoms with Crippen LogP contribution in [0.15, 0.2) is 18.2 Å². The van der Waals surface area contributed by atoms with E-state index in [0.717, 1.165) is 30.4 Å². The Morgan fingerprint density at radius 1 is 1.32 bits per heavy atom. The Hall–Kier alpha value is -0.530. The molecule has 2 aliphatic carbocycles. The molecule has 0 amide bonds. The van der Waals surface area contributed by atoms with Crippen molar-refractivity contribution in [3.8, 4) is 0 Å². The highest BCUT2D eigenvalue weighted by Crippen LogP contribution is 2.56. The summed E-state index contributed by atoms with van der Waals surface area (Å²) in [6.45, 7) is 8.75. The molecule has 0 spiro atoms. The summed E-state index contributed by atoms with van der Waals surface area (Å²) < 4.78 is 35.3. The van der Waals surface area contributed by atoms with Gasteiger partial charge in [0.2, 0.25) is 0 Å². The predicted molar refractivity (Wildman–Crippen MR) is 98.0 cm³/mol. The van der Waals surface area contributed by atoms with Gasteiger partial charge >= 0.3 is 0 Å². The lowest BCUT2D eigenvalue weighted by Crippen LogP contribution is -2.51. The minimum Gasteiger partial charge on any atom is -0.330 e. The SMILES string of the molecule is Cl.[2H]C1([2H])c2cc(C(C)C)ccc2[C@@]2(C)CCC[C@@](C)(CN)[C@@H]2C1([2H])[2H]. The lowest BCUT2D eigenvalue weighted by molar-refractivity contribution is 0.0326. The number of aryl methyl sites for hydroxylation is 1. The number of hydrogen-bond acceptors (Lipinski definition) is 1. The lowest BCUT2D eigenvalue weighted by Gasteiger charge is -2.55. The molecule has 1 fully saturated rings. The lowest BCUT2D eigenvalue weighted by atomic mass is 9.50. The summed E-state index contributed by atoms with van der Waals surface area (Å²) in [5.74, 6) is -0.142. The van der Waals surface area contributed by atoms with Gasteiger partial charge < -0.3 is 5.73 Å². The van der Waals surface area contributed by atoms with E-state index in [1.165, 1.54) is 0 Å². The summed E-state index contributed by atoms with van der Waals surface area (Å²) in [6.07, 6.45) is -1.23. The first kappa shape index (κ1) is 12.8. The van der Waals surface area contributed by atoms with E-state index < -0.39 is 24.1 Å². The maximum absolute atomic E-state index is 8.88. The van der Waals surface area contributed by atoms with Crippen LogP contribution in [0.3, 0.4) is 0 Å². The Balaban J connectivity index is 0.00000243. The van der Waals surface area contributed by atoms with Gasteiger partial charge in [-0.25, -0.2) is 0 Å². The zero-order chi connectivity index (χ0) is 18.8. The molecule has 1 aromatic rings. The van der Waals surface area contributed by atoms with Crippen molar-refractivity contribution in [1.82, 2.24) is 0 Å². The third-order valence-corrected chi connectivity index (χ3v) is 5.92. The maximum Gasteiger partial charge on any atom is 0.0316 e. The molecule has 0 heterocycles. The monoisotopic (exact) mass is 325 g/mol. The van der Waals surface area contributed by atoms with Gasteiger partial charge in [0.05, 0.1) is 0 Å². The van der Waals surface area contributed by atoms with Crippen molar-refractivity contribution >= 4 is 12.4 Å². The van der Waals surface area contributed by atoms with Crippen LogP contribution in [0.1, 0.15) is 81.4 Å². The van der Waals surface area contributed by atoms with Crippen molar-refractivity contribution in [3.63, 3.8) is 0 Å². The van der Waals surface area contributed by atoms with Crippen molar-refractivity contribution in [2.75, 3.05) is 6.54 Å². The molecule has 1 aromatic carbocycles. The number of benzene rings is 1. The summed E-state index contributed by atoms with van der Waals surface area (Å²) >= 11 is 0. The smallest absolute Gasteiger partial charge is 0.0316 e. The molecular formula is C20H32ClN. The average Bonchev–Trinajstić information content (AvgIpc) is 2.52. The van der Waals surface area contributed by atoms with Crippen LogP contribution in [0.25, 0.3) is 0 Å². The Morgan fingerprint density at radius 2 is 2.05 bits per heavy atom. The van der Waals surface area contributed by atoms with Crippen LogP contribution >= 0.6 is 12.4 Å². The summed E-state index contributed by atoms with van der Waals surface area (Å²) in [6, 6.07) is 6.07. The molecule has 3 atom stereocenters. The second kappa shape index (κ2) is 6.17. The number of hydrogen-bond donors (Lipinski definition) is 1. The highest BCUT2D eigenvalue weighted by molar-refractivity contribution is 5.85. The normalized spacial score (nSPS) is 41.1. The van der Waals surface area contributed by atoms with Crippen LogP contribution in [0.2, 0.25) is 0 Å². The van der Waals surface area contributed by atoms with E-state index in [1.807, 2.05) is 6.07 Å². The van der Waals surface area contributed by atoms with Gasteiger partial charge in [-0.05, 0) is 71.5 Å². The van der Waals surface area contributed by atoms with Gasteiger partial charge in [-0.3, -0.25) is 0 Å².